The molecule has 0 atom stereocenters. The average molecular weight is 391 g/mol. The molecule has 0 spiro atoms. The summed E-state index contributed by atoms with van der Waals surface area (Å²) in [6.45, 7) is 2.64. The van der Waals surface area contributed by atoms with Gasteiger partial charge >= 0.3 is 0 Å². The predicted octanol–water partition coefficient (Wildman–Crippen LogP) is 1.11. The van der Waals surface area contributed by atoms with Crippen molar-refractivity contribution in [3.05, 3.63) is 42.3 Å². The molecule has 142 valence electrons. The van der Waals surface area contributed by atoms with Crippen LogP contribution in [0.4, 0.5) is 0 Å². The smallest absolute Gasteiger partial charge is 0.289 e. The number of nitrogens with zero attached hydrogens (tertiary/aromatic N) is 4. The molecule has 0 saturated carbocycles. The molecule has 0 bridgehead atoms. The third kappa shape index (κ3) is 3.26. The van der Waals surface area contributed by atoms with Crippen molar-refractivity contribution in [2.24, 2.45) is 0 Å². The van der Waals surface area contributed by atoms with Crippen LogP contribution in [-0.4, -0.2) is 64.9 Å². The van der Waals surface area contributed by atoms with Crippen LogP contribution in [0.25, 0.3) is 11.6 Å². The number of rotatable bonds is 4. The molecule has 3 aromatic rings. The summed E-state index contributed by atoms with van der Waals surface area (Å²) >= 11 is 0. The molecule has 1 saturated heterocycles. The van der Waals surface area contributed by atoms with Gasteiger partial charge in [0, 0.05) is 39.3 Å². The highest BCUT2D eigenvalue weighted by Gasteiger charge is 2.32. The van der Waals surface area contributed by atoms with Gasteiger partial charge in [-0.25, -0.2) is 8.42 Å². The third-order valence-electron chi connectivity index (χ3n) is 4.31. The van der Waals surface area contributed by atoms with Gasteiger partial charge in [-0.05, 0) is 18.2 Å². The number of amides is 1. The first-order valence-corrected chi connectivity index (χ1v) is 9.71. The third-order valence-corrected chi connectivity index (χ3v) is 6.18. The zero-order valence-electron chi connectivity index (χ0n) is 14.5. The molecule has 1 amide bonds. The lowest BCUT2D eigenvalue weighted by Gasteiger charge is -2.33. The van der Waals surface area contributed by atoms with E-state index >= 15 is 0 Å². The molecule has 0 unspecified atom stereocenters. The first kappa shape index (κ1) is 17.5. The molecule has 0 aliphatic carbocycles. The molecule has 3 aromatic heterocycles. The Hall–Kier alpha value is -2.92. The number of H-pyrrole nitrogens is 1. The van der Waals surface area contributed by atoms with E-state index < -0.39 is 10.0 Å². The SMILES string of the molecule is Cc1nnc(-c2cc(S(=O)(=O)N3CCN(C(=O)c4ccco4)CC3)c[nH]2)o1. The molecule has 1 fully saturated rings. The maximum absolute atomic E-state index is 12.9. The van der Waals surface area contributed by atoms with Gasteiger partial charge in [0.05, 0.1) is 6.26 Å². The Balaban J connectivity index is 1.46. The summed E-state index contributed by atoms with van der Waals surface area (Å²) in [4.78, 5) is 16.8. The minimum atomic E-state index is -3.69. The Labute approximate surface area is 154 Å². The first-order valence-electron chi connectivity index (χ1n) is 8.27. The molecule has 0 aromatic carbocycles. The number of sulfonamides is 1. The number of hydrogen-bond acceptors (Lipinski definition) is 7. The summed E-state index contributed by atoms with van der Waals surface area (Å²) in [6, 6.07) is 4.69. The van der Waals surface area contributed by atoms with Gasteiger partial charge in [-0.1, -0.05) is 0 Å². The lowest BCUT2D eigenvalue weighted by atomic mass is 10.3. The largest absolute Gasteiger partial charge is 0.459 e. The van der Waals surface area contributed by atoms with Crippen LogP contribution >= 0.6 is 0 Å². The summed E-state index contributed by atoms with van der Waals surface area (Å²) in [6.07, 6.45) is 2.83. The highest BCUT2D eigenvalue weighted by Crippen LogP contribution is 2.24. The average Bonchev–Trinajstić information content (AvgIpc) is 3.42. The van der Waals surface area contributed by atoms with Crippen molar-refractivity contribution in [1.29, 1.82) is 0 Å². The Bertz CT molecular complexity index is 1040. The molecule has 27 heavy (non-hydrogen) atoms. The normalized spacial score (nSPS) is 16.0. The number of aromatic amines is 1. The van der Waals surface area contributed by atoms with Crippen molar-refractivity contribution in [2.45, 2.75) is 11.8 Å². The van der Waals surface area contributed by atoms with Crippen molar-refractivity contribution in [1.82, 2.24) is 24.4 Å². The van der Waals surface area contributed by atoms with E-state index in [-0.39, 0.29) is 35.5 Å². The van der Waals surface area contributed by atoms with Crippen molar-refractivity contribution >= 4 is 15.9 Å². The van der Waals surface area contributed by atoms with Gasteiger partial charge in [0.15, 0.2) is 5.76 Å². The van der Waals surface area contributed by atoms with Crippen molar-refractivity contribution in [3.8, 4) is 11.6 Å². The molecule has 10 nitrogen and oxygen atoms in total. The molecule has 1 aliphatic rings. The van der Waals surface area contributed by atoms with E-state index in [4.69, 9.17) is 8.83 Å². The van der Waals surface area contributed by atoms with E-state index in [1.807, 2.05) is 0 Å². The highest BCUT2D eigenvalue weighted by molar-refractivity contribution is 7.89. The van der Waals surface area contributed by atoms with Crippen LogP contribution in [0.3, 0.4) is 0 Å². The van der Waals surface area contributed by atoms with Gasteiger partial charge in [0.1, 0.15) is 10.6 Å². The fourth-order valence-electron chi connectivity index (χ4n) is 2.89. The minimum Gasteiger partial charge on any atom is -0.459 e. The summed E-state index contributed by atoms with van der Waals surface area (Å²) in [5.41, 5.74) is 0.431. The molecule has 1 N–H and O–H groups in total. The monoisotopic (exact) mass is 391 g/mol. The maximum atomic E-state index is 12.9. The Kier molecular flexibility index (Phi) is 4.32. The Morgan fingerprint density at radius 3 is 2.63 bits per heavy atom. The van der Waals surface area contributed by atoms with Gasteiger partial charge in [0.2, 0.25) is 15.9 Å². The Morgan fingerprint density at radius 2 is 2.00 bits per heavy atom. The fraction of sp³-hybridized carbons (Fsp3) is 0.312. The van der Waals surface area contributed by atoms with Crippen molar-refractivity contribution in [2.75, 3.05) is 26.2 Å². The minimum absolute atomic E-state index is 0.110. The Morgan fingerprint density at radius 1 is 1.22 bits per heavy atom. The second-order valence-corrected chi connectivity index (χ2v) is 7.99. The van der Waals surface area contributed by atoms with Crippen molar-refractivity contribution in [3.63, 3.8) is 0 Å². The number of aryl methyl sites for hydroxylation is 1. The maximum Gasteiger partial charge on any atom is 0.289 e. The summed E-state index contributed by atoms with van der Waals surface area (Å²) in [5, 5.41) is 7.60. The zero-order chi connectivity index (χ0) is 19.0. The van der Waals surface area contributed by atoms with Gasteiger partial charge < -0.3 is 18.7 Å². The van der Waals surface area contributed by atoms with Gasteiger partial charge in [-0.3, -0.25) is 4.79 Å². The van der Waals surface area contributed by atoms with E-state index in [1.54, 1.807) is 24.0 Å². The van der Waals surface area contributed by atoms with Crippen LogP contribution in [0.15, 0.2) is 44.4 Å². The molecule has 4 rings (SSSR count). The van der Waals surface area contributed by atoms with Crippen LogP contribution < -0.4 is 0 Å². The quantitative estimate of drug-likeness (QED) is 0.706. The van der Waals surface area contributed by atoms with E-state index in [0.29, 0.717) is 24.7 Å². The molecular formula is C16H17N5O5S. The molecule has 0 radical (unpaired) electrons. The van der Waals surface area contributed by atoms with Crippen molar-refractivity contribution < 1.29 is 22.0 Å². The van der Waals surface area contributed by atoms with Gasteiger partial charge in [-0.15, -0.1) is 10.2 Å². The number of nitrogens with one attached hydrogen (secondary N) is 1. The number of aromatic nitrogens is 3. The van der Waals surface area contributed by atoms with E-state index in [2.05, 4.69) is 15.2 Å². The summed E-state index contributed by atoms with van der Waals surface area (Å²) in [7, 11) is -3.69. The number of carbonyl (C=O) groups is 1. The van der Waals surface area contributed by atoms with Crippen LogP contribution in [0.5, 0.6) is 0 Å². The predicted molar refractivity (Wildman–Crippen MR) is 92.2 cm³/mol. The zero-order valence-corrected chi connectivity index (χ0v) is 15.3. The lowest BCUT2D eigenvalue weighted by Crippen LogP contribution is -2.50. The van der Waals surface area contributed by atoms with E-state index in [1.165, 1.54) is 22.8 Å². The van der Waals surface area contributed by atoms with Gasteiger partial charge in [-0.2, -0.15) is 4.31 Å². The van der Waals surface area contributed by atoms with E-state index in [0.717, 1.165) is 0 Å². The molecule has 4 heterocycles. The van der Waals surface area contributed by atoms with Crippen LogP contribution in [0, 0.1) is 6.92 Å². The number of hydrogen-bond donors (Lipinski definition) is 1. The van der Waals surface area contributed by atoms with Gasteiger partial charge in [0.25, 0.3) is 11.8 Å². The second kappa shape index (κ2) is 6.67. The summed E-state index contributed by atoms with van der Waals surface area (Å²) < 4.78 is 37.5. The highest BCUT2D eigenvalue weighted by atomic mass is 32.2. The topological polar surface area (TPSA) is 126 Å². The first-order chi connectivity index (χ1) is 12.9. The van der Waals surface area contributed by atoms with E-state index in [9.17, 15) is 13.2 Å². The number of furan rings is 1. The molecule has 11 heteroatoms. The number of carbonyl (C=O) groups excluding carboxylic acids is 1. The molecule has 1 aliphatic heterocycles. The fourth-order valence-corrected chi connectivity index (χ4v) is 4.31. The summed E-state index contributed by atoms with van der Waals surface area (Å²) in [5.74, 6) is 0.619. The van der Waals surface area contributed by atoms with Crippen LogP contribution in [0.2, 0.25) is 0 Å². The number of piperazine rings is 1. The lowest BCUT2D eigenvalue weighted by molar-refractivity contribution is 0.0666. The molecular weight excluding hydrogens is 374 g/mol. The standard InChI is InChI=1S/C16H17N5O5S/c1-11-18-19-15(26-11)13-9-12(10-17-13)27(23,24)21-6-4-20(5-7-21)16(22)14-3-2-8-25-14/h2-3,8-10,17H,4-7H2,1H3. The second-order valence-electron chi connectivity index (χ2n) is 6.05. The van der Waals surface area contributed by atoms with Crippen LogP contribution in [-0.2, 0) is 10.0 Å². The van der Waals surface area contributed by atoms with Crippen LogP contribution in [0.1, 0.15) is 16.4 Å².